The number of anilines is 1. The van der Waals surface area contributed by atoms with Crippen LogP contribution in [0.5, 0.6) is 0 Å². The van der Waals surface area contributed by atoms with Gasteiger partial charge in [0.05, 0.1) is 18.7 Å². The van der Waals surface area contributed by atoms with Crippen LogP contribution in [0.25, 0.3) is 4.85 Å². The van der Waals surface area contributed by atoms with Crippen LogP contribution in [0.3, 0.4) is 0 Å². The highest BCUT2D eigenvalue weighted by molar-refractivity contribution is 5.62. The molecule has 0 saturated carbocycles. The van der Waals surface area contributed by atoms with Crippen LogP contribution in [0, 0.1) is 56.9 Å². The smallest absolute Gasteiger partial charge is 0.266 e. The molecule has 0 N–H and O–H groups in total. The van der Waals surface area contributed by atoms with Crippen LogP contribution in [-0.2, 0) is 0 Å². The molecule has 0 atom stereocenters. The number of benzene rings is 1. The van der Waals surface area contributed by atoms with Crippen LogP contribution in [-0.4, -0.2) is 7.05 Å². The normalized spacial score (nSPS) is 12.2. The minimum atomic E-state index is -0.0600. The molecule has 0 radical (unpaired) electrons. The number of nitrogens with zero attached hydrogens (tertiary/aromatic N) is 4. The summed E-state index contributed by atoms with van der Waals surface area (Å²) in [4.78, 5) is 5.15. The van der Waals surface area contributed by atoms with Crippen LogP contribution >= 0.6 is 0 Å². The molecule has 4 heteroatoms. The minimum Gasteiger partial charge on any atom is -0.351 e. The van der Waals surface area contributed by atoms with Crippen molar-refractivity contribution in [3.8, 4) is 12.1 Å². The van der Waals surface area contributed by atoms with Gasteiger partial charge in [0.1, 0.15) is 0 Å². The Labute approximate surface area is 150 Å². The number of hydrogen-bond acceptors (Lipinski definition) is 3. The highest BCUT2D eigenvalue weighted by Crippen LogP contribution is 2.27. The Morgan fingerprint density at radius 3 is 2.28 bits per heavy atom. The summed E-state index contributed by atoms with van der Waals surface area (Å²) in [5.41, 5.74) is 6.78. The Kier molecular flexibility index (Phi) is 6.74. The van der Waals surface area contributed by atoms with Crippen LogP contribution in [0.4, 0.5) is 5.69 Å². The lowest BCUT2D eigenvalue weighted by molar-refractivity contribution is 1.13. The first-order chi connectivity index (χ1) is 11.8. The van der Waals surface area contributed by atoms with E-state index in [-0.39, 0.29) is 5.70 Å². The molecule has 0 saturated heterocycles. The summed E-state index contributed by atoms with van der Waals surface area (Å²) in [6.07, 6.45) is 5.24. The number of allylic oxidation sites excluding steroid dienone is 5. The third kappa shape index (κ3) is 4.37. The van der Waals surface area contributed by atoms with Gasteiger partial charge in [-0.25, -0.2) is 10.1 Å². The Morgan fingerprint density at radius 1 is 1.12 bits per heavy atom. The maximum atomic E-state index is 9.25. The molecule has 0 fully saturated rings. The van der Waals surface area contributed by atoms with Gasteiger partial charge in [-0.05, 0) is 80.7 Å². The Morgan fingerprint density at radius 2 is 1.76 bits per heavy atom. The van der Waals surface area contributed by atoms with Gasteiger partial charge in [0.25, 0.3) is 5.70 Å². The number of rotatable bonds is 4. The summed E-state index contributed by atoms with van der Waals surface area (Å²) in [7, 11) is 1.95. The molecule has 0 heterocycles. The van der Waals surface area contributed by atoms with E-state index in [1.807, 2.05) is 30.3 Å². The van der Waals surface area contributed by atoms with Crippen molar-refractivity contribution < 1.29 is 0 Å². The molecule has 25 heavy (non-hydrogen) atoms. The van der Waals surface area contributed by atoms with Crippen molar-refractivity contribution in [2.75, 3.05) is 11.9 Å². The van der Waals surface area contributed by atoms with Crippen molar-refractivity contribution in [1.82, 2.24) is 0 Å². The van der Waals surface area contributed by atoms with Gasteiger partial charge in [-0.15, -0.1) is 0 Å². The predicted octanol–water partition coefficient (Wildman–Crippen LogP) is 5.04. The standard InChI is InChI=1S/C21H22N4/c1-14-11-21(17(4)16(3)15(14)2)25(7)10-8-9-19(12-22)18(5)20(13-23)24-6/h8-11H,1-5,7H3/b10-8?,19-9+,20-18+. The highest BCUT2D eigenvalue weighted by atomic mass is 15.1. The molecule has 0 aliphatic heterocycles. The fourth-order valence-corrected chi connectivity index (χ4v) is 2.47. The van der Waals surface area contributed by atoms with Crippen molar-refractivity contribution in [3.05, 3.63) is 74.9 Å². The van der Waals surface area contributed by atoms with E-state index >= 15 is 0 Å². The van der Waals surface area contributed by atoms with Crippen molar-refractivity contribution >= 4 is 5.69 Å². The maximum absolute atomic E-state index is 9.25. The summed E-state index contributed by atoms with van der Waals surface area (Å²) in [5, 5.41) is 18.2. The Balaban J connectivity index is 3.19. The molecule has 1 aromatic carbocycles. The number of nitriles is 2. The van der Waals surface area contributed by atoms with Crippen molar-refractivity contribution in [2.24, 2.45) is 0 Å². The molecule has 0 aromatic heterocycles. The Hall–Kier alpha value is -3.29. The van der Waals surface area contributed by atoms with E-state index in [2.05, 4.69) is 38.6 Å². The first kappa shape index (κ1) is 19.8. The van der Waals surface area contributed by atoms with Gasteiger partial charge >= 0.3 is 0 Å². The van der Waals surface area contributed by atoms with Gasteiger partial charge in [-0.3, -0.25) is 0 Å². The zero-order valence-corrected chi connectivity index (χ0v) is 15.6. The molecule has 1 aromatic rings. The van der Waals surface area contributed by atoms with Gasteiger partial charge in [0.2, 0.25) is 0 Å². The number of aryl methyl sites for hydroxylation is 1. The fraction of sp³-hybridized carbons (Fsp3) is 0.286. The third-order valence-electron chi connectivity index (χ3n) is 4.50. The summed E-state index contributed by atoms with van der Waals surface area (Å²) < 4.78 is 0. The highest BCUT2D eigenvalue weighted by Gasteiger charge is 2.09. The lowest BCUT2D eigenvalue weighted by Gasteiger charge is -2.21. The van der Waals surface area contributed by atoms with E-state index in [9.17, 15) is 5.26 Å². The molecule has 1 rings (SSSR count). The van der Waals surface area contributed by atoms with E-state index in [0.717, 1.165) is 5.69 Å². The molecule has 0 spiro atoms. The van der Waals surface area contributed by atoms with Crippen LogP contribution in [0.2, 0.25) is 0 Å². The Bertz CT molecular complexity index is 878. The maximum Gasteiger partial charge on any atom is 0.266 e. The first-order valence-corrected chi connectivity index (χ1v) is 7.86. The largest absolute Gasteiger partial charge is 0.351 e. The molecule has 0 amide bonds. The molecule has 0 unspecified atom stereocenters. The minimum absolute atomic E-state index is 0.0600. The van der Waals surface area contributed by atoms with Crippen molar-refractivity contribution in [3.63, 3.8) is 0 Å². The number of hydrogen-bond donors (Lipinski definition) is 0. The van der Waals surface area contributed by atoms with E-state index in [1.165, 1.54) is 22.3 Å². The summed E-state index contributed by atoms with van der Waals surface area (Å²) in [5.74, 6) is 0. The monoisotopic (exact) mass is 330 g/mol. The third-order valence-corrected chi connectivity index (χ3v) is 4.50. The lowest BCUT2D eigenvalue weighted by Crippen LogP contribution is -2.11. The SMILES string of the molecule is [C-]#[N+]/C(C#N)=C(C)/C(C#N)=C/C=CN(C)c1cc(C)c(C)c(C)c1C. The zero-order chi connectivity index (χ0) is 19.1. The second kappa shape index (κ2) is 8.53. The summed E-state index contributed by atoms with van der Waals surface area (Å²) in [6, 6.07) is 6.00. The van der Waals surface area contributed by atoms with Gasteiger partial charge in [0, 0.05) is 24.5 Å². The summed E-state index contributed by atoms with van der Waals surface area (Å²) >= 11 is 0. The average molecular weight is 330 g/mol. The quantitative estimate of drug-likeness (QED) is 0.441. The van der Waals surface area contributed by atoms with Crippen molar-refractivity contribution in [2.45, 2.75) is 34.6 Å². The molecule has 126 valence electrons. The van der Waals surface area contributed by atoms with E-state index in [0.29, 0.717) is 11.1 Å². The van der Waals surface area contributed by atoms with Gasteiger partial charge in [-0.2, -0.15) is 5.26 Å². The zero-order valence-electron chi connectivity index (χ0n) is 15.6. The molecule has 0 bridgehead atoms. The van der Waals surface area contributed by atoms with E-state index < -0.39 is 0 Å². The van der Waals surface area contributed by atoms with E-state index in [4.69, 9.17) is 11.8 Å². The predicted molar refractivity (Wildman–Crippen MR) is 102 cm³/mol. The van der Waals surface area contributed by atoms with Gasteiger partial charge < -0.3 is 4.90 Å². The van der Waals surface area contributed by atoms with Gasteiger partial charge in [0.15, 0.2) is 0 Å². The van der Waals surface area contributed by atoms with E-state index in [1.54, 1.807) is 19.1 Å². The fourth-order valence-electron chi connectivity index (χ4n) is 2.47. The van der Waals surface area contributed by atoms with Crippen LogP contribution in [0.1, 0.15) is 29.2 Å². The van der Waals surface area contributed by atoms with Crippen molar-refractivity contribution in [1.29, 1.82) is 10.5 Å². The summed E-state index contributed by atoms with van der Waals surface area (Å²) in [6.45, 7) is 17.0. The lowest BCUT2D eigenvalue weighted by atomic mass is 9.97. The molecular weight excluding hydrogens is 308 g/mol. The average Bonchev–Trinajstić information content (AvgIpc) is 2.60. The topological polar surface area (TPSA) is 55.2 Å². The molecule has 0 aliphatic rings. The van der Waals surface area contributed by atoms with Gasteiger partial charge in [-0.1, -0.05) is 0 Å². The second-order valence-corrected chi connectivity index (χ2v) is 5.93. The van der Waals surface area contributed by atoms with Crippen LogP contribution in [0.15, 0.2) is 41.3 Å². The second-order valence-electron chi connectivity index (χ2n) is 5.93. The molecule has 0 aliphatic carbocycles. The molecule has 4 nitrogen and oxygen atoms in total. The molecular formula is C21H22N4. The van der Waals surface area contributed by atoms with Crippen LogP contribution < -0.4 is 4.90 Å². The first-order valence-electron chi connectivity index (χ1n) is 7.86.